The third-order valence-corrected chi connectivity index (χ3v) is 13.2. The van der Waals surface area contributed by atoms with Crippen LogP contribution in [0.15, 0.2) is 21.2 Å². The number of piperidine rings is 2. The number of carboxylic acid groups (broad SMARTS) is 1. The maximum absolute atomic E-state index is 14.0. The number of fused-ring (bicyclic) bond motifs is 6. The minimum atomic E-state index is -4.86. The predicted molar refractivity (Wildman–Crippen MR) is 212 cm³/mol. The molecule has 6 heterocycles. The van der Waals surface area contributed by atoms with Crippen LogP contribution < -0.4 is 0 Å². The second-order valence-corrected chi connectivity index (χ2v) is 17.8. The minimum Gasteiger partial charge on any atom is -0.475 e. The highest BCUT2D eigenvalue weighted by Crippen LogP contribution is 2.48. The molecule has 4 aromatic heterocycles. The van der Waals surface area contributed by atoms with Crippen LogP contribution >= 0.6 is 0 Å². The van der Waals surface area contributed by atoms with Crippen LogP contribution in [-0.4, -0.2) is 91.0 Å². The molecule has 0 unspecified atom stereocenters. The molecule has 2 aliphatic heterocycles. The van der Waals surface area contributed by atoms with Crippen LogP contribution in [0.3, 0.4) is 0 Å². The van der Waals surface area contributed by atoms with Crippen LogP contribution in [0.1, 0.15) is 113 Å². The molecule has 14 nitrogen and oxygen atoms in total. The second-order valence-electron chi connectivity index (χ2n) is 17.8. The summed E-state index contributed by atoms with van der Waals surface area (Å²) in [5.41, 5.74) is -0.981. The fraction of sp³-hybridized carbons (Fsp3) is 0.591. The van der Waals surface area contributed by atoms with Crippen molar-refractivity contribution in [2.45, 2.75) is 109 Å². The van der Waals surface area contributed by atoms with E-state index in [-0.39, 0.29) is 83.1 Å². The van der Waals surface area contributed by atoms with Crippen LogP contribution in [0.4, 0.5) is 26.3 Å². The number of hydrogen-bond acceptors (Lipinski definition) is 9. The second kappa shape index (κ2) is 16.8. The molecule has 1 N–H and O–H groups in total. The van der Waals surface area contributed by atoms with E-state index >= 15 is 0 Å². The van der Waals surface area contributed by atoms with E-state index in [2.05, 4.69) is 10.2 Å². The Morgan fingerprint density at radius 1 is 0.656 bits per heavy atom. The molecular weight excluding hydrogens is 855 g/mol. The van der Waals surface area contributed by atoms with Crippen LogP contribution in [0.5, 0.6) is 0 Å². The molecule has 4 aromatic rings. The molecule has 20 heteroatoms. The molecule has 2 amide bonds. The van der Waals surface area contributed by atoms with Gasteiger partial charge in [-0.25, -0.2) is 9.59 Å². The van der Waals surface area contributed by atoms with E-state index in [1.165, 1.54) is 6.92 Å². The van der Waals surface area contributed by atoms with Crippen molar-refractivity contribution in [1.82, 2.24) is 29.4 Å². The lowest BCUT2D eigenvalue weighted by Gasteiger charge is -2.32. The molecule has 344 valence electrons. The van der Waals surface area contributed by atoms with Gasteiger partial charge in [0.05, 0.1) is 29.1 Å². The number of aromatic nitrogens is 4. The van der Waals surface area contributed by atoms with Gasteiger partial charge in [-0.3, -0.25) is 19.0 Å². The minimum absolute atomic E-state index is 0.0226. The van der Waals surface area contributed by atoms with E-state index in [4.69, 9.17) is 13.6 Å². The summed E-state index contributed by atoms with van der Waals surface area (Å²) in [6, 6.07) is 0. The molecule has 0 bridgehead atoms. The van der Waals surface area contributed by atoms with Gasteiger partial charge >= 0.3 is 24.3 Å². The number of furan rings is 2. The highest BCUT2D eigenvalue weighted by atomic mass is 19.4. The predicted octanol–water partition coefficient (Wildman–Crippen LogP) is 7.69. The number of aryl methyl sites for hydroxylation is 4. The zero-order valence-corrected chi connectivity index (χ0v) is 35.2. The van der Waals surface area contributed by atoms with Crippen molar-refractivity contribution in [3.05, 3.63) is 57.7 Å². The Hall–Kier alpha value is -5.56. The highest BCUT2D eigenvalue weighted by Gasteiger charge is 2.47. The number of carboxylic acids is 1. The van der Waals surface area contributed by atoms with E-state index < -0.39 is 46.9 Å². The monoisotopic (exact) mass is 902 g/mol. The van der Waals surface area contributed by atoms with Gasteiger partial charge in [-0.05, 0) is 94.1 Å². The highest BCUT2D eigenvalue weighted by molar-refractivity contribution is 5.92. The third-order valence-electron chi connectivity index (χ3n) is 13.2. The number of carbonyl (C=O) groups excluding carboxylic acids is 3. The molecular formula is C44H48F6N6O8. The zero-order chi connectivity index (χ0) is 45.2. The van der Waals surface area contributed by atoms with Crippen molar-refractivity contribution in [3.8, 4) is 22.5 Å². The van der Waals surface area contributed by atoms with Gasteiger partial charge in [0, 0.05) is 76.3 Å². The van der Waals surface area contributed by atoms with Gasteiger partial charge in [-0.1, -0.05) is 0 Å². The molecule has 0 radical (unpaired) electrons. The standard InChI is InChI=1S/C23H26F3N3O4.C21H22F3N3O4/c1-2-32-22(31)20-18(23(24,25)26)17-16(33-20)6-5-15-12-29(27-19(15)17)11-13-7-9-28(10-8-13)21(30)14-3-4-14;22-21(23,24)16-15-14(31-18(16)20(29)30)4-3-13-10-27(25-17(13)15)9-11-5-7-26(8-6-11)19(28)12-1-2-12/h12-14H,2-11H2,1H3;10-12H,1-9H2,(H,29,30). The Labute approximate surface area is 362 Å². The van der Waals surface area contributed by atoms with Gasteiger partial charge in [0.15, 0.2) is 0 Å². The van der Waals surface area contributed by atoms with Crippen LogP contribution in [0, 0.1) is 23.7 Å². The average molecular weight is 903 g/mol. The van der Waals surface area contributed by atoms with Crippen molar-refractivity contribution in [1.29, 1.82) is 0 Å². The summed E-state index contributed by atoms with van der Waals surface area (Å²) in [5, 5.41) is 18.1. The molecule has 0 aromatic carbocycles. The van der Waals surface area contributed by atoms with Gasteiger partial charge in [0.1, 0.15) is 22.6 Å². The summed E-state index contributed by atoms with van der Waals surface area (Å²) in [5.74, 6) is -3.09. The van der Waals surface area contributed by atoms with E-state index in [0.29, 0.717) is 69.2 Å². The summed E-state index contributed by atoms with van der Waals surface area (Å²) in [7, 11) is 0. The third kappa shape index (κ3) is 8.67. The summed E-state index contributed by atoms with van der Waals surface area (Å²) < 4.78 is 102. The molecule has 0 atom stereocenters. The topological polar surface area (TPSA) is 166 Å². The van der Waals surface area contributed by atoms with Crippen molar-refractivity contribution in [2.75, 3.05) is 32.8 Å². The maximum Gasteiger partial charge on any atom is 0.421 e. The van der Waals surface area contributed by atoms with E-state index in [1.807, 2.05) is 9.80 Å². The number of ether oxygens (including phenoxy) is 1. The van der Waals surface area contributed by atoms with E-state index in [9.17, 15) is 50.6 Å². The maximum atomic E-state index is 14.0. The number of likely N-dealkylation sites (tertiary alicyclic amines) is 2. The Kier molecular flexibility index (Phi) is 11.4. The summed E-state index contributed by atoms with van der Waals surface area (Å²) in [6.07, 6.45) is 2.63. The fourth-order valence-electron chi connectivity index (χ4n) is 9.61. The first-order chi connectivity index (χ1) is 30.5. The lowest BCUT2D eigenvalue weighted by Crippen LogP contribution is -2.40. The number of carbonyl (C=O) groups is 4. The lowest BCUT2D eigenvalue weighted by molar-refractivity contribution is -0.138. The van der Waals surface area contributed by atoms with E-state index in [0.717, 1.165) is 51.4 Å². The molecule has 4 aliphatic carbocycles. The lowest BCUT2D eigenvalue weighted by atomic mass is 9.93. The summed E-state index contributed by atoms with van der Waals surface area (Å²) >= 11 is 0. The number of amides is 2. The number of hydrogen-bond donors (Lipinski definition) is 1. The van der Waals surface area contributed by atoms with Gasteiger partial charge < -0.3 is 28.5 Å². The number of aromatic carboxylic acids is 1. The SMILES string of the molecule is CCOC(=O)c1oc2c(c1C(F)(F)F)-c1nn(CC3CCN(C(=O)C4CC4)CC3)cc1CC2.O=C(O)c1oc2c(c1C(F)(F)F)-c1nn(CC3CCN(C(=O)C4CC4)CC3)cc1CC2. The molecule has 2 saturated heterocycles. The van der Waals surface area contributed by atoms with Gasteiger partial charge in [-0.15, -0.1) is 0 Å². The summed E-state index contributed by atoms with van der Waals surface area (Å²) in [4.78, 5) is 51.8. The van der Waals surface area contributed by atoms with Gasteiger partial charge in [0.2, 0.25) is 23.3 Å². The van der Waals surface area contributed by atoms with Crippen molar-refractivity contribution in [2.24, 2.45) is 23.7 Å². The normalized spacial score (nSPS) is 19.0. The van der Waals surface area contributed by atoms with Crippen molar-refractivity contribution < 1.29 is 64.2 Å². The molecule has 6 aliphatic rings. The number of alkyl halides is 6. The van der Waals surface area contributed by atoms with Crippen molar-refractivity contribution in [3.63, 3.8) is 0 Å². The Balaban J connectivity index is 0.000000162. The van der Waals surface area contributed by atoms with Crippen LogP contribution in [0.25, 0.3) is 22.5 Å². The van der Waals surface area contributed by atoms with Gasteiger partial charge in [-0.2, -0.15) is 36.5 Å². The number of nitrogens with zero attached hydrogens (tertiary/aromatic N) is 6. The first-order valence-electron chi connectivity index (χ1n) is 22.0. The molecule has 0 spiro atoms. The van der Waals surface area contributed by atoms with E-state index in [1.54, 1.807) is 21.8 Å². The first kappa shape index (κ1) is 43.7. The Morgan fingerprint density at radius 2 is 1.06 bits per heavy atom. The Bertz CT molecular complexity index is 2460. The Morgan fingerprint density at radius 3 is 1.44 bits per heavy atom. The fourth-order valence-corrected chi connectivity index (χ4v) is 9.61. The average Bonchev–Trinajstić information content (AvgIpc) is 4.11. The first-order valence-corrected chi connectivity index (χ1v) is 22.0. The molecule has 10 rings (SSSR count). The molecule has 2 saturated carbocycles. The zero-order valence-electron chi connectivity index (χ0n) is 35.2. The van der Waals surface area contributed by atoms with Crippen molar-refractivity contribution >= 4 is 23.8 Å². The number of esters is 1. The molecule has 4 fully saturated rings. The largest absolute Gasteiger partial charge is 0.475 e. The smallest absolute Gasteiger partial charge is 0.421 e. The van der Waals surface area contributed by atoms with Crippen LogP contribution in [-0.2, 0) is 65.5 Å². The van der Waals surface area contributed by atoms with Crippen LogP contribution in [0.2, 0.25) is 0 Å². The summed E-state index contributed by atoms with van der Waals surface area (Å²) in [6.45, 7) is 5.45. The van der Waals surface area contributed by atoms with Gasteiger partial charge in [0.25, 0.3) is 0 Å². The number of halogens is 6. The number of rotatable bonds is 9. The molecule has 64 heavy (non-hydrogen) atoms. The quantitative estimate of drug-likeness (QED) is 0.130.